The molecule has 0 aromatic carbocycles. The molecular formula is C19H28N4O5. The van der Waals surface area contributed by atoms with Crippen LogP contribution in [-0.2, 0) is 14.3 Å². The first-order valence-corrected chi connectivity index (χ1v) is 9.82. The van der Waals surface area contributed by atoms with Crippen molar-refractivity contribution in [2.24, 2.45) is 11.1 Å². The molecule has 0 spiro atoms. The number of aromatic nitrogens is 1. The third-order valence-electron chi connectivity index (χ3n) is 5.46. The number of carbonyl (C=O) groups is 3. The van der Waals surface area contributed by atoms with Gasteiger partial charge in [0.05, 0.1) is 18.1 Å². The largest absolute Gasteiger partial charge is 0.466 e. The third-order valence-corrected chi connectivity index (χ3v) is 5.46. The maximum Gasteiger partial charge on any atom is 0.313 e. The van der Waals surface area contributed by atoms with E-state index in [1.54, 1.807) is 24.8 Å². The van der Waals surface area contributed by atoms with Gasteiger partial charge in [0.2, 0.25) is 5.91 Å². The Morgan fingerprint density at radius 2 is 2.07 bits per heavy atom. The van der Waals surface area contributed by atoms with Crippen molar-refractivity contribution < 1.29 is 23.6 Å². The quantitative estimate of drug-likeness (QED) is 0.657. The molecule has 1 aliphatic heterocycles. The van der Waals surface area contributed by atoms with E-state index in [1.807, 2.05) is 0 Å². The molecular weight excluding hydrogens is 364 g/mol. The van der Waals surface area contributed by atoms with Crippen LogP contribution in [0.4, 0.5) is 0 Å². The number of esters is 1. The number of hydrogen-bond donors (Lipinski definition) is 2. The summed E-state index contributed by atoms with van der Waals surface area (Å²) in [6.07, 6.45) is 2.91. The Morgan fingerprint density at radius 1 is 1.39 bits per heavy atom. The lowest BCUT2D eigenvalue weighted by Gasteiger charge is -2.40. The number of hydrogen-bond acceptors (Lipinski definition) is 7. The van der Waals surface area contributed by atoms with Crippen molar-refractivity contribution in [3.05, 3.63) is 17.5 Å². The minimum absolute atomic E-state index is 0.122. The van der Waals surface area contributed by atoms with E-state index in [2.05, 4.69) is 10.5 Å². The molecule has 28 heavy (non-hydrogen) atoms. The predicted octanol–water partition coefficient (Wildman–Crippen LogP) is 0.801. The lowest BCUT2D eigenvalue weighted by molar-refractivity contribution is -0.160. The first-order chi connectivity index (χ1) is 13.4. The van der Waals surface area contributed by atoms with Gasteiger partial charge < -0.3 is 25.2 Å². The summed E-state index contributed by atoms with van der Waals surface area (Å²) < 4.78 is 10.5. The molecule has 2 aliphatic rings. The van der Waals surface area contributed by atoms with Gasteiger partial charge in [-0.1, -0.05) is 5.16 Å². The van der Waals surface area contributed by atoms with Gasteiger partial charge in [0, 0.05) is 31.6 Å². The summed E-state index contributed by atoms with van der Waals surface area (Å²) >= 11 is 0. The molecule has 1 saturated heterocycles. The van der Waals surface area contributed by atoms with Gasteiger partial charge in [0.1, 0.15) is 5.76 Å². The van der Waals surface area contributed by atoms with Crippen molar-refractivity contribution in [1.29, 1.82) is 0 Å². The van der Waals surface area contributed by atoms with E-state index in [0.717, 1.165) is 18.6 Å². The second kappa shape index (κ2) is 8.30. The Kier molecular flexibility index (Phi) is 6.02. The van der Waals surface area contributed by atoms with Crippen molar-refractivity contribution in [2.75, 3.05) is 26.2 Å². The number of carbonyl (C=O) groups excluding carboxylic acids is 3. The number of rotatable bonds is 7. The van der Waals surface area contributed by atoms with Crippen molar-refractivity contribution in [3.8, 4) is 0 Å². The van der Waals surface area contributed by atoms with E-state index in [1.165, 1.54) is 0 Å². The van der Waals surface area contributed by atoms with Crippen LogP contribution in [0.5, 0.6) is 0 Å². The highest BCUT2D eigenvalue weighted by atomic mass is 16.5. The predicted molar refractivity (Wildman–Crippen MR) is 99.3 cm³/mol. The molecule has 1 aromatic rings. The molecule has 2 heterocycles. The number of amides is 2. The first-order valence-electron chi connectivity index (χ1n) is 9.82. The lowest BCUT2D eigenvalue weighted by Crippen LogP contribution is -2.54. The van der Waals surface area contributed by atoms with Gasteiger partial charge in [-0.2, -0.15) is 0 Å². The van der Waals surface area contributed by atoms with Gasteiger partial charge in [-0.25, -0.2) is 0 Å². The second-order valence-electron chi connectivity index (χ2n) is 7.69. The molecule has 0 radical (unpaired) electrons. The summed E-state index contributed by atoms with van der Waals surface area (Å²) in [5, 5.41) is 6.63. The standard InChI is InChI=1S/C19H28N4O5/c1-3-27-18(26)19(6-8-23(9-7-19)17(25)12(2)20)11-21-16(24)14-10-15(28-22-14)13-4-5-13/h10,12-13H,3-9,11,20H2,1-2H3,(H,21,24)/t12-/m0/s1. The van der Waals surface area contributed by atoms with E-state index < -0.39 is 11.5 Å². The fraction of sp³-hybridized carbons (Fsp3) is 0.684. The number of nitrogens with zero attached hydrogens (tertiary/aromatic N) is 2. The van der Waals surface area contributed by atoms with Gasteiger partial charge >= 0.3 is 5.97 Å². The molecule has 3 N–H and O–H groups in total. The highest BCUT2D eigenvalue weighted by Crippen LogP contribution is 2.40. The minimum atomic E-state index is -0.872. The van der Waals surface area contributed by atoms with Crippen LogP contribution in [0.1, 0.15) is 61.7 Å². The van der Waals surface area contributed by atoms with Gasteiger partial charge in [-0.05, 0) is 39.5 Å². The molecule has 154 valence electrons. The zero-order valence-corrected chi connectivity index (χ0v) is 16.4. The van der Waals surface area contributed by atoms with E-state index in [4.69, 9.17) is 15.0 Å². The van der Waals surface area contributed by atoms with Gasteiger partial charge in [0.25, 0.3) is 5.91 Å². The molecule has 1 aromatic heterocycles. The number of ether oxygens (including phenoxy) is 1. The van der Waals surface area contributed by atoms with Crippen LogP contribution in [0.15, 0.2) is 10.6 Å². The third kappa shape index (κ3) is 4.35. The zero-order chi connectivity index (χ0) is 20.3. The molecule has 9 heteroatoms. The van der Waals surface area contributed by atoms with Crippen LogP contribution in [0, 0.1) is 5.41 Å². The monoisotopic (exact) mass is 392 g/mol. The van der Waals surface area contributed by atoms with Crippen LogP contribution in [-0.4, -0.2) is 60.1 Å². The van der Waals surface area contributed by atoms with Crippen LogP contribution in [0.3, 0.4) is 0 Å². The highest BCUT2D eigenvalue weighted by Gasteiger charge is 2.44. The second-order valence-corrected chi connectivity index (χ2v) is 7.69. The van der Waals surface area contributed by atoms with E-state index in [-0.39, 0.29) is 36.6 Å². The smallest absolute Gasteiger partial charge is 0.313 e. The van der Waals surface area contributed by atoms with Crippen molar-refractivity contribution in [1.82, 2.24) is 15.4 Å². The Morgan fingerprint density at radius 3 is 2.64 bits per heavy atom. The summed E-state index contributed by atoms with van der Waals surface area (Å²) in [6.45, 7) is 4.55. The van der Waals surface area contributed by atoms with E-state index >= 15 is 0 Å². The average Bonchev–Trinajstić information content (AvgIpc) is 3.42. The first kappa shape index (κ1) is 20.3. The summed E-state index contributed by atoms with van der Waals surface area (Å²) in [7, 11) is 0. The normalized spacial score (nSPS) is 19.8. The van der Waals surface area contributed by atoms with Gasteiger partial charge in [0.15, 0.2) is 5.69 Å². The summed E-state index contributed by atoms with van der Waals surface area (Å²) in [5.41, 5.74) is 5.02. The van der Waals surface area contributed by atoms with E-state index in [0.29, 0.717) is 31.8 Å². The number of piperidine rings is 1. The summed E-state index contributed by atoms with van der Waals surface area (Å²) in [6, 6.07) is 1.08. The van der Waals surface area contributed by atoms with Crippen molar-refractivity contribution >= 4 is 17.8 Å². The molecule has 0 unspecified atom stereocenters. The summed E-state index contributed by atoms with van der Waals surface area (Å²) in [4.78, 5) is 38.9. The van der Waals surface area contributed by atoms with Crippen LogP contribution < -0.4 is 11.1 Å². The minimum Gasteiger partial charge on any atom is -0.466 e. The summed E-state index contributed by atoms with van der Waals surface area (Å²) in [5.74, 6) is 0.215. The molecule has 1 saturated carbocycles. The lowest BCUT2D eigenvalue weighted by atomic mass is 9.78. The highest BCUT2D eigenvalue weighted by molar-refractivity contribution is 5.92. The Hall–Kier alpha value is -2.42. The molecule has 9 nitrogen and oxygen atoms in total. The van der Waals surface area contributed by atoms with Crippen LogP contribution >= 0.6 is 0 Å². The van der Waals surface area contributed by atoms with Crippen molar-refractivity contribution in [3.63, 3.8) is 0 Å². The van der Waals surface area contributed by atoms with Crippen LogP contribution in [0.25, 0.3) is 0 Å². The van der Waals surface area contributed by atoms with Gasteiger partial charge in [-0.15, -0.1) is 0 Å². The Labute approximate surface area is 163 Å². The zero-order valence-electron chi connectivity index (χ0n) is 16.4. The number of nitrogens with two attached hydrogens (primary N) is 1. The van der Waals surface area contributed by atoms with Gasteiger partial charge in [-0.3, -0.25) is 14.4 Å². The average molecular weight is 392 g/mol. The molecule has 1 atom stereocenters. The maximum absolute atomic E-state index is 12.6. The molecule has 2 amide bonds. The fourth-order valence-corrected chi connectivity index (χ4v) is 3.48. The SMILES string of the molecule is CCOC(=O)C1(CNC(=O)c2cc(C3CC3)on2)CCN(C(=O)[C@H](C)N)CC1. The van der Waals surface area contributed by atoms with Crippen LogP contribution in [0.2, 0.25) is 0 Å². The Balaban J connectivity index is 1.64. The molecule has 3 rings (SSSR count). The molecule has 0 bridgehead atoms. The maximum atomic E-state index is 12.6. The number of nitrogens with one attached hydrogen (secondary N) is 1. The van der Waals surface area contributed by atoms with E-state index in [9.17, 15) is 14.4 Å². The number of likely N-dealkylation sites (tertiary alicyclic amines) is 1. The molecule has 2 fully saturated rings. The fourth-order valence-electron chi connectivity index (χ4n) is 3.48. The molecule has 1 aliphatic carbocycles. The van der Waals surface area contributed by atoms with Crippen molar-refractivity contribution in [2.45, 2.75) is 51.5 Å². The Bertz CT molecular complexity index is 732. The topological polar surface area (TPSA) is 128 Å².